The van der Waals surface area contributed by atoms with Crippen molar-refractivity contribution in [2.45, 2.75) is 46.7 Å². The molecule has 0 N–H and O–H groups in total. The highest BCUT2D eigenvalue weighted by Gasteiger charge is 2.27. The van der Waals surface area contributed by atoms with Crippen molar-refractivity contribution in [3.8, 4) is 39.3 Å². The van der Waals surface area contributed by atoms with E-state index in [2.05, 4.69) is 26.8 Å². The lowest BCUT2D eigenvalue weighted by molar-refractivity contribution is 0.587. The Morgan fingerprint density at radius 3 is 2.27 bits per heavy atom. The van der Waals surface area contributed by atoms with E-state index in [1.807, 2.05) is 65.2 Å². The Labute approximate surface area is 292 Å². The summed E-state index contributed by atoms with van der Waals surface area (Å²) in [6.45, 7) is -2.47. The van der Waals surface area contributed by atoms with E-state index in [0.717, 1.165) is 22.4 Å². The van der Waals surface area contributed by atoms with Gasteiger partial charge in [0, 0.05) is 41.1 Å². The van der Waals surface area contributed by atoms with Crippen LogP contribution in [0.1, 0.15) is 55.4 Å². The number of hydrogen-bond donors (Lipinski definition) is 0. The van der Waals surface area contributed by atoms with Crippen LogP contribution in [-0.4, -0.2) is 14.5 Å². The summed E-state index contributed by atoms with van der Waals surface area (Å²) in [6.07, 6.45) is 1.48. The Balaban J connectivity index is 1.40. The zero-order valence-corrected chi connectivity index (χ0v) is 26.5. The van der Waals surface area contributed by atoms with Crippen LogP contribution in [0.25, 0.3) is 72.4 Å². The molecule has 0 spiro atoms. The summed E-state index contributed by atoms with van der Waals surface area (Å²) in [4.78, 5) is 9.81. The van der Waals surface area contributed by atoms with Gasteiger partial charge in [0.2, 0.25) is 0 Å². The minimum absolute atomic E-state index is 0.159. The molecule has 5 aromatic carbocycles. The van der Waals surface area contributed by atoms with Gasteiger partial charge in [0.05, 0.1) is 22.3 Å². The zero-order chi connectivity index (χ0) is 40.8. The first kappa shape index (κ1) is 21.3. The van der Waals surface area contributed by atoms with Gasteiger partial charge in [-0.1, -0.05) is 87.5 Å². The van der Waals surface area contributed by atoms with Crippen molar-refractivity contribution in [2.24, 2.45) is 0 Å². The highest BCUT2D eigenvalue weighted by atomic mass is 19.1. The van der Waals surface area contributed by atoms with Gasteiger partial charge in [-0.3, -0.25) is 9.55 Å². The predicted octanol–water partition coefficient (Wildman–Crippen LogP) is 11.7. The van der Waals surface area contributed by atoms with E-state index < -0.39 is 43.1 Å². The number of pyridine rings is 1. The van der Waals surface area contributed by atoms with Gasteiger partial charge in [-0.05, 0) is 89.7 Å². The highest BCUT2D eigenvalue weighted by molar-refractivity contribution is 6.08. The summed E-state index contributed by atoms with van der Waals surface area (Å²) in [6, 6.07) is 30.2. The second-order valence-corrected chi connectivity index (χ2v) is 13.0. The number of benzene rings is 5. The van der Waals surface area contributed by atoms with E-state index in [-0.39, 0.29) is 11.0 Å². The Morgan fingerprint density at radius 1 is 0.750 bits per heavy atom. The van der Waals surface area contributed by atoms with E-state index in [9.17, 15) is 0 Å². The van der Waals surface area contributed by atoms with Gasteiger partial charge in [-0.2, -0.15) is 0 Å². The van der Waals surface area contributed by atoms with E-state index in [1.165, 1.54) is 30.5 Å². The second kappa shape index (κ2) is 11.0. The summed E-state index contributed by atoms with van der Waals surface area (Å²) in [7, 11) is 0. The summed E-state index contributed by atoms with van der Waals surface area (Å²) in [5.74, 6) is 0.0813. The molecule has 3 aromatic heterocycles. The van der Waals surface area contributed by atoms with Crippen LogP contribution in [0, 0.1) is 26.4 Å². The largest absolute Gasteiger partial charge is 0.454 e. The maximum atomic E-state index is 15.2. The van der Waals surface area contributed by atoms with Gasteiger partial charge in [0.15, 0.2) is 5.58 Å². The summed E-state index contributed by atoms with van der Waals surface area (Å²) in [5.41, 5.74) is 4.99. The number of para-hydroxylation sites is 2. The zero-order valence-electron chi connectivity index (χ0n) is 35.5. The number of hydrogen-bond acceptors (Lipinski definition) is 3. The SMILES string of the molecule is [2H]C([2H])([2H])c1cc(-c2cnc3c(c2)oc2c(-c4nc5ccc(F)cc5n4-c4c(-c5ccccc5)cccc4C(C)(C)C)cccc23)cc(C([2H])([2H])[2H])c1C([2H])([2H])[2H]. The third-order valence-electron chi connectivity index (χ3n) is 8.82. The third kappa shape index (κ3) is 4.81. The molecule has 5 heteroatoms. The molecule has 0 atom stereocenters. The van der Waals surface area contributed by atoms with Crippen LogP contribution in [0.2, 0.25) is 0 Å². The van der Waals surface area contributed by atoms with E-state index in [0.29, 0.717) is 50.1 Å². The molecule has 0 saturated carbocycles. The van der Waals surface area contributed by atoms with Gasteiger partial charge >= 0.3 is 0 Å². The standard InChI is InChI=1S/C43H36FN3O/c1-25-20-29(21-26(2)27(25)3)30-22-38-39(45-24-30)33-15-10-16-34(41(33)48-38)42-46-36-19-18-31(44)23-37(36)47(42)40-32(28-12-8-7-9-13-28)14-11-17-35(40)43(4,5)6/h7-24H,1-6H3/i1D3,2D3,3D3. The lowest BCUT2D eigenvalue weighted by Crippen LogP contribution is -2.16. The molecule has 0 aliphatic heterocycles. The minimum atomic E-state index is -3.00. The van der Waals surface area contributed by atoms with Gasteiger partial charge in [0.25, 0.3) is 0 Å². The monoisotopic (exact) mass is 638 g/mol. The number of aryl methyl sites for hydroxylation is 2. The first-order chi connectivity index (χ1) is 26.7. The molecule has 48 heavy (non-hydrogen) atoms. The number of rotatable bonds is 4. The van der Waals surface area contributed by atoms with E-state index >= 15 is 4.39 Å². The minimum Gasteiger partial charge on any atom is -0.454 e. The number of imidazole rings is 1. The van der Waals surface area contributed by atoms with Crippen LogP contribution in [0.5, 0.6) is 0 Å². The van der Waals surface area contributed by atoms with Crippen LogP contribution in [0.15, 0.2) is 114 Å². The molecule has 0 fully saturated rings. The average molecular weight is 639 g/mol. The number of nitrogens with zero attached hydrogens (tertiary/aromatic N) is 3. The normalized spacial score (nSPS) is 15.6. The first-order valence-electron chi connectivity index (χ1n) is 20.1. The second-order valence-electron chi connectivity index (χ2n) is 13.0. The van der Waals surface area contributed by atoms with E-state index in [4.69, 9.17) is 26.7 Å². The number of halogens is 1. The summed E-state index contributed by atoms with van der Waals surface area (Å²) < 4.78 is 96.7. The number of aromatic nitrogens is 3. The number of furan rings is 1. The topological polar surface area (TPSA) is 43.9 Å². The van der Waals surface area contributed by atoms with Crippen LogP contribution in [0.3, 0.4) is 0 Å². The predicted molar refractivity (Wildman–Crippen MR) is 195 cm³/mol. The molecule has 236 valence electrons. The third-order valence-corrected chi connectivity index (χ3v) is 8.82. The molecule has 4 nitrogen and oxygen atoms in total. The van der Waals surface area contributed by atoms with Crippen LogP contribution >= 0.6 is 0 Å². The van der Waals surface area contributed by atoms with Crippen molar-refractivity contribution in [3.05, 3.63) is 137 Å². The van der Waals surface area contributed by atoms with Gasteiger partial charge in [-0.25, -0.2) is 9.37 Å². The Kier molecular flexibility index (Phi) is 4.90. The van der Waals surface area contributed by atoms with Crippen LogP contribution < -0.4 is 0 Å². The fraction of sp³-hybridized carbons (Fsp3) is 0.163. The van der Waals surface area contributed by atoms with E-state index in [1.54, 1.807) is 12.1 Å². The van der Waals surface area contributed by atoms with Crippen molar-refractivity contribution in [2.75, 3.05) is 0 Å². The van der Waals surface area contributed by atoms with Crippen LogP contribution in [-0.2, 0) is 5.41 Å². The molecule has 0 radical (unpaired) electrons. The Morgan fingerprint density at radius 2 is 1.52 bits per heavy atom. The molecular weight excluding hydrogens is 593 g/mol. The fourth-order valence-corrected chi connectivity index (χ4v) is 6.51. The van der Waals surface area contributed by atoms with Gasteiger partial charge in [0.1, 0.15) is 22.7 Å². The summed E-state index contributed by atoms with van der Waals surface area (Å²) >= 11 is 0. The lowest BCUT2D eigenvalue weighted by Gasteiger charge is -2.27. The smallest absolute Gasteiger partial charge is 0.154 e. The molecule has 8 aromatic rings. The lowest BCUT2D eigenvalue weighted by atomic mass is 9.83. The fourth-order valence-electron chi connectivity index (χ4n) is 6.51. The molecule has 0 aliphatic rings. The van der Waals surface area contributed by atoms with Gasteiger partial charge in [-0.15, -0.1) is 0 Å². The maximum Gasteiger partial charge on any atom is 0.154 e. The van der Waals surface area contributed by atoms with Crippen molar-refractivity contribution in [1.82, 2.24) is 14.5 Å². The molecular formula is C43H36FN3O. The van der Waals surface area contributed by atoms with Crippen molar-refractivity contribution in [3.63, 3.8) is 0 Å². The molecule has 0 amide bonds. The highest BCUT2D eigenvalue weighted by Crippen LogP contribution is 2.43. The van der Waals surface area contributed by atoms with Gasteiger partial charge < -0.3 is 4.42 Å². The van der Waals surface area contributed by atoms with Crippen molar-refractivity contribution in [1.29, 1.82) is 0 Å². The molecule has 0 bridgehead atoms. The number of fused-ring (bicyclic) bond motifs is 4. The molecule has 8 rings (SSSR count). The van der Waals surface area contributed by atoms with Crippen molar-refractivity contribution >= 4 is 33.1 Å². The molecule has 0 aliphatic carbocycles. The maximum absolute atomic E-state index is 15.2. The molecule has 0 unspecified atom stereocenters. The quantitative estimate of drug-likeness (QED) is 0.193. The van der Waals surface area contributed by atoms with Crippen LogP contribution in [0.4, 0.5) is 4.39 Å². The average Bonchev–Trinajstić information content (AvgIpc) is 3.70. The Hall–Kier alpha value is -5.55. The Bertz CT molecular complexity index is 2830. The first-order valence-corrected chi connectivity index (χ1v) is 15.6. The molecule has 3 heterocycles. The molecule has 0 saturated heterocycles. The van der Waals surface area contributed by atoms with Crippen molar-refractivity contribution < 1.29 is 21.1 Å². The summed E-state index contributed by atoms with van der Waals surface area (Å²) in [5, 5.41) is 0.648.